The van der Waals surface area contributed by atoms with Crippen LogP contribution in [-0.2, 0) is 0 Å². The van der Waals surface area contributed by atoms with E-state index in [0.717, 1.165) is 0 Å². The van der Waals surface area contributed by atoms with Crippen LogP contribution in [0.1, 0.15) is 20.8 Å². The minimum Gasteiger partial charge on any atom is -0.481 e. The summed E-state index contributed by atoms with van der Waals surface area (Å²) in [6, 6.07) is 0. The fourth-order valence-electron chi connectivity index (χ4n) is 0.776. The largest absolute Gasteiger partial charge is 0.481 e. The number of rotatable bonds is 2. The zero-order valence-electron chi connectivity index (χ0n) is 7.81. The summed E-state index contributed by atoms with van der Waals surface area (Å²) in [5.74, 6) is 0. The van der Waals surface area contributed by atoms with E-state index in [-0.39, 0.29) is 0 Å². The summed E-state index contributed by atoms with van der Waals surface area (Å²) < 4.78 is 1.20. The van der Waals surface area contributed by atoms with E-state index in [4.69, 9.17) is 9.94 Å². The molecule has 5 nitrogen and oxygen atoms in total. The van der Waals surface area contributed by atoms with Crippen LogP contribution in [0.3, 0.4) is 0 Å². The van der Waals surface area contributed by atoms with E-state index >= 15 is 0 Å². The molecule has 0 atom stereocenters. The van der Waals surface area contributed by atoms with Gasteiger partial charge in [-0.2, -0.15) is 5.10 Å². The Hall–Kier alpha value is -1.17. The molecule has 1 heterocycles. The Morgan fingerprint density at radius 1 is 1.62 bits per heavy atom. The first-order chi connectivity index (χ1) is 5.90. The SMILES string of the molecule is CC(C)(C)On1ncc[si]1C(=O)O. The molecule has 0 aliphatic rings. The molecule has 72 valence electrons. The van der Waals surface area contributed by atoms with Gasteiger partial charge >= 0.3 is 14.2 Å². The monoisotopic (exact) mass is 200 g/mol. The second-order valence-corrected chi connectivity index (χ2v) is 5.51. The molecule has 0 bridgehead atoms. The van der Waals surface area contributed by atoms with Crippen LogP contribution in [0.25, 0.3) is 0 Å². The Balaban J connectivity index is 2.89. The van der Waals surface area contributed by atoms with Crippen molar-refractivity contribution in [1.29, 1.82) is 0 Å². The second kappa shape index (κ2) is 3.29. The highest BCUT2D eigenvalue weighted by Crippen LogP contribution is 2.01. The quantitative estimate of drug-likeness (QED) is 0.712. The minimum atomic E-state index is -1.82. The highest BCUT2D eigenvalue weighted by molar-refractivity contribution is 6.78. The molecule has 0 unspecified atom stereocenters. The summed E-state index contributed by atoms with van der Waals surface area (Å²) >= 11 is 0. The van der Waals surface area contributed by atoms with Crippen LogP contribution in [0.15, 0.2) is 11.9 Å². The van der Waals surface area contributed by atoms with Gasteiger partial charge in [-0.1, -0.05) is 0 Å². The standard InChI is InChI=1S/C7H12N2O3Si/c1-7(2,3)12-9-8-4-5-13(9)6(10)11/h4-5H,1-3H3,(H,10,11). The maximum absolute atomic E-state index is 10.7. The lowest BCUT2D eigenvalue weighted by atomic mass is 10.2. The molecule has 0 saturated heterocycles. The van der Waals surface area contributed by atoms with Crippen molar-refractivity contribution >= 4 is 14.2 Å². The summed E-state index contributed by atoms with van der Waals surface area (Å²) in [6.45, 7) is 5.55. The first-order valence-corrected chi connectivity index (χ1v) is 5.39. The molecular formula is C7H12N2O3Si. The summed E-state index contributed by atoms with van der Waals surface area (Å²) in [5, 5.41) is 12.6. The van der Waals surface area contributed by atoms with Crippen molar-refractivity contribution in [3.05, 3.63) is 11.9 Å². The van der Waals surface area contributed by atoms with Gasteiger partial charge in [-0.3, -0.25) is 4.79 Å². The normalized spacial score (nSPS) is 11.3. The van der Waals surface area contributed by atoms with Gasteiger partial charge in [0, 0.05) is 6.20 Å². The molecule has 1 rings (SSSR count). The van der Waals surface area contributed by atoms with E-state index < -0.39 is 19.8 Å². The van der Waals surface area contributed by atoms with Crippen LogP contribution in [0.5, 0.6) is 0 Å². The first-order valence-electron chi connectivity index (χ1n) is 3.87. The van der Waals surface area contributed by atoms with Crippen molar-refractivity contribution in [3.63, 3.8) is 0 Å². The van der Waals surface area contributed by atoms with Crippen LogP contribution in [0, 0.1) is 0 Å². The number of hydrogen-bond acceptors (Lipinski definition) is 3. The minimum absolute atomic E-state index is 0.416. The maximum atomic E-state index is 10.7. The van der Waals surface area contributed by atoms with Gasteiger partial charge in [0.2, 0.25) is 0 Å². The zero-order chi connectivity index (χ0) is 10.1. The number of hydrogen-bond donors (Lipinski definition) is 1. The fraction of sp³-hybridized carbons (Fsp3) is 0.571. The van der Waals surface area contributed by atoms with E-state index in [0.29, 0.717) is 0 Å². The third-order valence-corrected chi connectivity index (χ3v) is 2.71. The molecule has 0 fully saturated rings. The topological polar surface area (TPSA) is 64.4 Å². The number of carbonyl (C=O) groups is 1. The summed E-state index contributed by atoms with van der Waals surface area (Å²) in [6.07, 6.45) is 1.47. The molecule has 13 heavy (non-hydrogen) atoms. The van der Waals surface area contributed by atoms with Crippen LogP contribution >= 0.6 is 0 Å². The first kappa shape index (κ1) is 9.91. The van der Waals surface area contributed by atoms with Crippen molar-refractivity contribution in [2.75, 3.05) is 0 Å². The van der Waals surface area contributed by atoms with E-state index in [9.17, 15) is 4.79 Å². The van der Waals surface area contributed by atoms with Gasteiger partial charge in [-0.05, 0) is 26.4 Å². The smallest absolute Gasteiger partial charge is 0.338 e. The summed E-state index contributed by atoms with van der Waals surface area (Å²) in [4.78, 5) is 16.1. The molecule has 0 radical (unpaired) electrons. The van der Waals surface area contributed by atoms with Crippen molar-refractivity contribution in [2.24, 2.45) is 0 Å². The maximum Gasteiger partial charge on any atom is 0.338 e. The Morgan fingerprint density at radius 2 is 2.23 bits per heavy atom. The van der Waals surface area contributed by atoms with E-state index in [1.54, 1.807) is 5.68 Å². The highest BCUT2D eigenvalue weighted by Gasteiger charge is 2.19. The molecule has 0 saturated carbocycles. The summed E-state index contributed by atoms with van der Waals surface area (Å²) in [7, 11) is -1.82. The Bertz CT molecular complexity index is 316. The zero-order valence-corrected chi connectivity index (χ0v) is 8.81. The lowest BCUT2D eigenvalue weighted by Crippen LogP contribution is -2.37. The van der Waals surface area contributed by atoms with Crippen LogP contribution in [0.4, 0.5) is 4.79 Å². The van der Waals surface area contributed by atoms with Gasteiger partial charge < -0.3 is 9.94 Å². The number of aromatic nitrogens is 2. The molecule has 0 aliphatic carbocycles. The second-order valence-electron chi connectivity index (χ2n) is 3.60. The molecule has 0 aromatic carbocycles. The predicted molar refractivity (Wildman–Crippen MR) is 47.9 cm³/mol. The molecule has 0 spiro atoms. The third-order valence-electron chi connectivity index (χ3n) is 1.19. The van der Waals surface area contributed by atoms with E-state index in [1.165, 1.54) is 10.7 Å². The van der Waals surface area contributed by atoms with Crippen molar-refractivity contribution in [3.8, 4) is 0 Å². The van der Waals surface area contributed by atoms with E-state index in [1.807, 2.05) is 20.8 Å². The van der Waals surface area contributed by atoms with Gasteiger partial charge in [-0.15, -0.1) is 4.50 Å². The lowest BCUT2D eigenvalue weighted by Gasteiger charge is -2.20. The van der Waals surface area contributed by atoms with Gasteiger partial charge in [0.1, 0.15) is 5.60 Å². The molecule has 0 aliphatic heterocycles. The molecule has 0 amide bonds. The van der Waals surface area contributed by atoms with Crippen molar-refractivity contribution in [1.82, 2.24) is 9.60 Å². The van der Waals surface area contributed by atoms with Gasteiger partial charge in [0.15, 0.2) is 0 Å². The molecule has 6 heteroatoms. The van der Waals surface area contributed by atoms with Gasteiger partial charge in [0.05, 0.1) is 0 Å². The van der Waals surface area contributed by atoms with Crippen LogP contribution < -0.4 is 4.84 Å². The van der Waals surface area contributed by atoms with E-state index in [2.05, 4.69) is 5.10 Å². The van der Waals surface area contributed by atoms with Gasteiger partial charge in [-0.25, -0.2) is 0 Å². The predicted octanol–water partition coefficient (Wildman–Crippen LogP) is 0.662. The number of carboxylic acid groups (broad SMARTS) is 1. The third kappa shape index (κ3) is 2.65. The van der Waals surface area contributed by atoms with Crippen molar-refractivity contribution < 1.29 is 14.7 Å². The number of nitrogens with zero attached hydrogens (tertiary/aromatic N) is 2. The molecule has 1 aromatic heterocycles. The average molecular weight is 200 g/mol. The molecule has 1 aromatic rings. The highest BCUT2D eigenvalue weighted by atomic mass is 28.2. The fourth-order valence-corrected chi connectivity index (χ4v) is 1.98. The van der Waals surface area contributed by atoms with Crippen LogP contribution in [-0.4, -0.2) is 34.5 Å². The molecular weight excluding hydrogens is 188 g/mol. The molecule has 1 N–H and O–H groups in total. The Labute approximate surface area is 77.5 Å². The van der Waals surface area contributed by atoms with Crippen molar-refractivity contribution in [2.45, 2.75) is 26.4 Å². The van der Waals surface area contributed by atoms with Crippen LogP contribution in [0.2, 0.25) is 0 Å². The lowest BCUT2D eigenvalue weighted by molar-refractivity contribution is -0.0206. The Morgan fingerprint density at radius 3 is 2.69 bits per heavy atom. The summed E-state index contributed by atoms with van der Waals surface area (Å²) in [5.41, 5.74) is 0.284. The van der Waals surface area contributed by atoms with Gasteiger partial charge in [0.25, 0.3) is 0 Å². The average Bonchev–Trinajstić information content (AvgIpc) is 2.31. The Kier molecular flexibility index (Phi) is 2.51.